The number of benzene rings is 1. The quantitative estimate of drug-likeness (QED) is 0.878. The highest BCUT2D eigenvalue weighted by Gasteiger charge is 2.08. The third kappa shape index (κ3) is 2.93. The molecule has 0 aliphatic carbocycles. The first kappa shape index (κ1) is 11.4. The number of aromatic nitrogens is 1. The number of aryl methyl sites for hydroxylation is 2. The third-order valence-electron chi connectivity index (χ3n) is 2.40. The van der Waals surface area contributed by atoms with Gasteiger partial charge in [0.1, 0.15) is 5.76 Å². The van der Waals surface area contributed by atoms with E-state index in [4.69, 9.17) is 9.52 Å². The van der Waals surface area contributed by atoms with Crippen LogP contribution in [0.3, 0.4) is 0 Å². The molecule has 0 spiro atoms. The average molecular weight is 231 g/mol. The van der Waals surface area contributed by atoms with Crippen LogP contribution < -0.4 is 0 Å². The van der Waals surface area contributed by atoms with Crippen molar-refractivity contribution in [3.63, 3.8) is 0 Å². The van der Waals surface area contributed by atoms with Crippen LogP contribution >= 0.6 is 0 Å². The van der Waals surface area contributed by atoms with E-state index in [1.165, 1.54) is 0 Å². The van der Waals surface area contributed by atoms with Gasteiger partial charge in [0.2, 0.25) is 5.89 Å². The van der Waals surface area contributed by atoms with E-state index >= 15 is 0 Å². The van der Waals surface area contributed by atoms with Gasteiger partial charge in [0.25, 0.3) is 0 Å². The molecular weight excluding hydrogens is 218 g/mol. The molecule has 4 heteroatoms. The standard InChI is InChI=1S/C13H13NO3/c1-9-3-2-4-10(7-9)13-14-8-11(17-13)5-6-12(15)16/h2-4,7-8H,5-6H2,1H3,(H,15,16). The van der Waals surface area contributed by atoms with E-state index in [0.717, 1.165) is 11.1 Å². The molecule has 0 saturated carbocycles. The van der Waals surface area contributed by atoms with Crippen molar-refractivity contribution >= 4 is 5.97 Å². The van der Waals surface area contributed by atoms with E-state index in [9.17, 15) is 4.79 Å². The van der Waals surface area contributed by atoms with E-state index in [2.05, 4.69) is 4.98 Å². The van der Waals surface area contributed by atoms with E-state index in [1.54, 1.807) is 6.20 Å². The molecule has 2 rings (SSSR count). The SMILES string of the molecule is Cc1cccc(-c2ncc(CCC(=O)O)o2)c1. The van der Waals surface area contributed by atoms with Crippen molar-refractivity contribution in [2.45, 2.75) is 19.8 Å². The molecule has 0 saturated heterocycles. The highest BCUT2D eigenvalue weighted by Crippen LogP contribution is 2.20. The lowest BCUT2D eigenvalue weighted by Gasteiger charge is -1.97. The monoisotopic (exact) mass is 231 g/mol. The lowest BCUT2D eigenvalue weighted by Crippen LogP contribution is -1.96. The van der Waals surface area contributed by atoms with E-state index in [0.29, 0.717) is 18.1 Å². The van der Waals surface area contributed by atoms with Gasteiger partial charge < -0.3 is 9.52 Å². The Morgan fingerprint density at radius 2 is 2.29 bits per heavy atom. The van der Waals surface area contributed by atoms with Crippen molar-refractivity contribution < 1.29 is 14.3 Å². The summed E-state index contributed by atoms with van der Waals surface area (Å²) in [7, 11) is 0. The van der Waals surface area contributed by atoms with Crippen LogP contribution in [0.4, 0.5) is 0 Å². The summed E-state index contributed by atoms with van der Waals surface area (Å²) in [6, 6.07) is 7.83. The van der Waals surface area contributed by atoms with Crippen LogP contribution in [0.2, 0.25) is 0 Å². The van der Waals surface area contributed by atoms with Crippen molar-refractivity contribution in [1.29, 1.82) is 0 Å². The first-order chi connectivity index (χ1) is 8.15. The number of hydrogen-bond donors (Lipinski definition) is 1. The van der Waals surface area contributed by atoms with Crippen LogP contribution in [-0.4, -0.2) is 16.1 Å². The first-order valence-corrected chi connectivity index (χ1v) is 5.38. The van der Waals surface area contributed by atoms with Crippen molar-refractivity contribution in [3.05, 3.63) is 41.8 Å². The topological polar surface area (TPSA) is 63.3 Å². The van der Waals surface area contributed by atoms with Gasteiger partial charge in [-0.25, -0.2) is 4.98 Å². The Morgan fingerprint density at radius 3 is 3.00 bits per heavy atom. The fourth-order valence-corrected chi connectivity index (χ4v) is 1.56. The summed E-state index contributed by atoms with van der Waals surface area (Å²) in [6.07, 6.45) is 2.01. The Hall–Kier alpha value is -2.10. The summed E-state index contributed by atoms with van der Waals surface area (Å²) in [5, 5.41) is 8.57. The smallest absolute Gasteiger partial charge is 0.303 e. The fraction of sp³-hybridized carbons (Fsp3) is 0.231. The van der Waals surface area contributed by atoms with Gasteiger partial charge >= 0.3 is 5.97 Å². The fourth-order valence-electron chi connectivity index (χ4n) is 1.56. The van der Waals surface area contributed by atoms with Crippen LogP contribution in [0.5, 0.6) is 0 Å². The van der Waals surface area contributed by atoms with Crippen LogP contribution in [0.15, 0.2) is 34.9 Å². The first-order valence-electron chi connectivity index (χ1n) is 5.38. The molecule has 0 aliphatic heterocycles. The Labute approximate surface area is 98.9 Å². The normalized spacial score (nSPS) is 10.4. The molecular formula is C13H13NO3. The third-order valence-corrected chi connectivity index (χ3v) is 2.40. The number of carbonyl (C=O) groups is 1. The van der Waals surface area contributed by atoms with Gasteiger partial charge in [-0.3, -0.25) is 4.79 Å². The molecule has 0 aliphatic rings. The highest BCUT2D eigenvalue weighted by atomic mass is 16.4. The van der Waals surface area contributed by atoms with Crippen molar-refractivity contribution in [1.82, 2.24) is 4.98 Å². The summed E-state index contributed by atoms with van der Waals surface area (Å²) in [6.45, 7) is 2.00. The minimum atomic E-state index is -0.835. The summed E-state index contributed by atoms with van der Waals surface area (Å²) >= 11 is 0. The zero-order chi connectivity index (χ0) is 12.3. The molecule has 1 N–H and O–H groups in total. The van der Waals surface area contributed by atoms with Gasteiger partial charge in [0, 0.05) is 12.0 Å². The minimum absolute atomic E-state index is 0.0580. The molecule has 88 valence electrons. The average Bonchev–Trinajstić information content (AvgIpc) is 2.75. The molecule has 1 aromatic heterocycles. The second-order valence-corrected chi connectivity index (χ2v) is 3.89. The van der Waals surface area contributed by atoms with Gasteiger partial charge in [0.15, 0.2) is 0 Å². The van der Waals surface area contributed by atoms with Gasteiger partial charge in [-0.15, -0.1) is 0 Å². The maximum atomic E-state index is 10.4. The van der Waals surface area contributed by atoms with Crippen molar-refractivity contribution in [2.24, 2.45) is 0 Å². The highest BCUT2D eigenvalue weighted by molar-refractivity contribution is 5.67. The largest absolute Gasteiger partial charge is 0.481 e. The van der Waals surface area contributed by atoms with E-state index < -0.39 is 5.97 Å². The Bertz CT molecular complexity index is 531. The molecule has 0 bridgehead atoms. The number of carboxylic acid groups (broad SMARTS) is 1. The molecule has 0 radical (unpaired) electrons. The Kier molecular flexibility index (Phi) is 3.23. The Morgan fingerprint density at radius 1 is 1.47 bits per heavy atom. The van der Waals surface area contributed by atoms with Gasteiger partial charge in [-0.1, -0.05) is 17.7 Å². The lowest BCUT2D eigenvalue weighted by atomic mass is 10.1. The van der Waals surface area contributed by atoms with Crippen LogP contribution in [0, 0.1) is 6.92 Å². The molecule has 0 amide bonds. The van der Waals surface area contributed by atoms with Gasteiger partial charge in [0.05, 0.1) is 12.6 Å². The van der Waals surface area contributed by atoms with Crippen LogP contribution in [0.1, 0.15) is 17.7 Å². The number of aliphatic carboxylic acids is 1. The molecule has 2 aromatic rings. The zero-order valence-corrected chi connectivity index (χ0v) is 9.51. The van der Waals surface area contributed by atoms with Crippen molar-refractivity contribution in [3.8, 4) is 11.5 Å². The van der Waals surface area contributed by atoms with Crippen LogP contribution in [-0.2, 0) is 11.2 Å². The zero-order valence-electron chi connectivity index (χ0n) is 9.51. The molecule has 17 heavy (non-hydrogen) atoms. The predicted molar refractivity (Wildman–Crippen MR) is 62.6 cm³/mol. The number of hydrogen-bond acceptors (Lipinski definition) is 3. The molecule has 0 fully saturated rings. The molecule has 4 nitrogen and oxygen atoms in total. The minimum Gasteiger partial charge on any atom is -0.481 e. The maximum absolute atomic E-state index is 10.4. The lowest BCUT2D eigenvalue weighted by molar-refractivity contribution is -0.137. The molecule has 1 heterocycles. The summed E-state index contributed by atoms with van der Waals surface area (Å²) in [5.74, 6) is 0.302. The van der Waals surface area contributed by atoms with Crippen LogP contribution in [0.25, 0.3) is 11.5 Å². The number of oxazole rings is 1. The summed E-state index contributed by atoms with van der Waals surface area (Å²) in [5.41, 5.74) is 2.04. The van der Waals surface area contributed by atoms with E-state index in [1.807, 2.05) is 31.2 Å². The van der Waals surface area contributed by atoms with Gasteiger partial charge in [-0.05, 0) is 19.1 Å². The second-order valence-electron chi connectivity index (χ2n) is 3.89. The molecule has 0 atom stereocenters. The predicted octanol–water partition coefficient (Wildman–Crippen LogP) is 2.67. The van der Waals surface area contributed by atoms with Crippen molar-refractivity contribution in [2.75, 3.05) is 0 Å². The summed E-state index contributed by atoms with van der Waals surface area (Å²) < 4.78 is 5.50. The number of rotatable bonds is 4. The summed E-state index contributed by atoms with van der Waals surface area (Å²) in [4.78, 5) is 14.6. The number of nitrogens with zero attached hydrogens (tertiary/aromatic N) is 1. The second kappa shape index (κ2) is 4.82. The van der Waals surface area contributed by atoms with Gasteiger partial charge in [-0.2, -0.15) is 0 Å². The number of carboxylic acids is 1. The Balaban J connectivity index is 2.15. The maximum Gasteiger partial charge on any atom is 0.303 e. The molecule has 1 aromatic carbocycles. The molecule has 0 unspecified atom stereocenters. The van der Waals surface area contributed by atoms with E-state index in [-0.39, 0.29) is 6.42 Å².